The number of rotatable bonds is 5. The molecule has 0 unspecified atom stereocenters. The molecule has 5 nitrogen and oxygen atoms in total. The highest BCUT2D eigenvalue weighted by Crippen LogP contribution is 2.19. The van der Waals surface area contributed by atoms with Gasteiger partial charge in [0.15, 0.2) is 0 Å². The van der Waals surface area contributed by atoms with Gasteiger partial charge in [0.05, 0.1) is 6.54 Å². The zero-order valence-corrected chi connectivity index (χ0v) is 14.2. The molecule has 0 atom stereocenters. The summed E-state index contributed by atoms with van der Waals surface area (Å²) in [5, 5.41) is 5.77. The van der Waals surface area contributed by atoms with E-state index in [-0.39, 0.29) is 5.91 Å². The average molecular weight is 330 g/mol. The van der Waals surface area contributed by atoms with E-state index in [1.807, 2.05) is 17.5 Å². The summed E-state index contributed by atoms with van der Waals surface area (Å²) in [6.45, 7) is 5.92. The normalized spacial score (nSPS) is 16.4. The molecule has 0 aromatic carbocycles. The first-order valence-corrected chi connectivity index (χ1v) is 8.92. The second-order valence-electron chi connectivity index (χ2n) is 6.12. The lowest BCUT2D eigenvalue weighted by Crippen LogP contribution is -2.32. The van der Waals surface area contributed by atoms with E-state index in [1.54, 1.807) is 23.7 Å². The highest BCUT2D eigenvalue weighted by Gasteiger charge is 2.18. The predicted octanol–water partition coefficient (Wildman–Crippen LogP) is 2.70. The molecule has 1 fully saturated rings. The minimum absolute atomic E-state index is 0.114. The Bertz CT molecular complexity index is 635. The lowest BCUT2D eigenvalue weighted by atomic mass is 9.99. The van der Waals surface area contributed by atoms with E-state index in [0.717, 1.165) is 36.1 Å². The number of carbonyl (C=O) groups excluding carboxylic acids is 1. The van der Waals surface area contributed by atoms with Crippen LogP contribution in [0.4, 0.5) is 0 Å². The standard InChI is InChI=1S/C17H22N4OS/c1-13-4-8-21(9-5-13)11-16-20-15(12-23-16)17(22)19-10-14-2-6-18-7-3-14/h2-3,6-7,12-13H,4-5,8-11H2,1H3,(H,19,22). The van der Waals surface area contributed by atoms with Crippen molar-refractivity contribution in [3.05, 3.63) is 46.2 Å². The van der Waals surface area contributed by atoms with E-state index in [1.165, 1.54) is 12.8 Å². The van der Waals surface area contributed by atoms with Gasteiger partial charge in [0.25, 0.3) is 5.91 Å². The summed E-state index contributed by atoms with van der Waals surface area (Å²) in [5.74, 6) is 0.716. The number of carbonyl (C=O) groups is 1. The molecular weight excluding hydrogens is 308 g/mol. The first-order chi connectivity index (χ1) is 11.2. The Labute approximate surface area is 140 Å². The molecule has 0 aliphatic carbocycles. The fraction of sp³-hybridized carbons (Fsp3) is 0.471. The van der Waals surface area contributed by atoms with E-state index in [2.05, 4.69) is 27.1 Å². The van der Waals surface area contributed by atoms with Gasteiger partial charge in [-0.1, -0.05) is 6.92 Å². The van der Waals surface area contributed by atoms with Crippen molar-refractivity contribution in [3.63, 3.8) is 0 Å². The van der Waals surface area contributed by atoms with Crippen LogP contribution in [0.1, 0.15) is 40.8 Å². The fourth-order valence-corrected chi connectivity index (χ4v) is 3.49. The third-order valence-electron chi connectivity index (χ3n) is 4.22. The van der Waals surface area contributed by atoms with E-state index in [4.69, 9.17) is 0 Å². The Morgan fingerprint density at radius 1 is 1.35 bits per heavy atom. The maximum absolute atomic E-state index is 12.2. The predicted molar refractivity (Wildman–Crippen MR) is 91.2 cm³/mol. The minimum Gasteiger partial charge on any atom is -0.347 e. The van der Waals surface area contributed by atoms with Crippen molar-refractivity contribution >= 4 is 17.2 Å². The third-order valence-corrected chi connectivity index (χ3v) is 5.06. The monoisotopic (exact) mass is 330 g/mol. The third kappa shape index (κ3) is 4.59. The van der Waals surface area contributed by atoms with Gasteiger partial charge in [0.2, 0.25) is 0 Å². The molecular formula is C17H22N4OS. The highest BCUT2D eigenvalue weighted by atomic mass is 32.1. The number of nitrogens with zero attached hydrogens (tertiary/aromatic N) is 3. The molecule has 2 aromatic heterocycles. The number of likely N-dealkylation sites (tertiary alicyclic amines) is 1. The van der Waals surface area contributed by atoms with Gasteiger partial charge in [-0.3, -0.25) is 14.7 Å². The zero-order chi connectivity index (χ0) is 16.1. The van der Waals surface area contributed by atoms with Crippen molar-refractivity contribution in [3.8, 4) is 0 Å². The van der Waals surface area contributed by atoms with Crippen molar-refractivity contribution < 1.29 is 4.79 Å². The molecule has 1 saturated heterocycles. The molecule has 2 aromatic rings. The summed E-state index contributed by atoms with van der Waals surface area (Å²) in [4.78, 5) is 23.1. The Balaban J connectivity index is 1.51. The van der Waals surface area contributed by atoms with Crippen LogP contribution in [0.3, 0.4) is 0 Å². The molecule has 23 heavy (non-hydrogen) atoms. The maximum atomic E-state index is 12.2. The summed E-state index contributed by atoms with van der Waals surface area (Å²) in [6, 6.07) is 3.79. The topological polar surface area (TPSA) is 58.1 Å². The van der Waals surface area contributed by atoms with Crippen LogP contribution in [0, 0.1) is 5.92 Å². The highest BCUT2D eigenvalue weighted by molar-refractivity contribution is 7.09. The second kappa shape index (κ2) is 7.66. The summed E-state index contributed by atoms with van der Waals surface area (Å²) in [7, 11) is 0. The zero-order valence-electron chi connectivity index (χ0n) is 13.4. The van der Waals surface area contributed by atoms with E-state index < -0.39 is 0 Å². The number of pyridine rings is 1. The fourth-order valence-electron chi connectivity index (χ4n) is 2.67. The smallest absolute Gasteiger partial charge is 0.271 e. The molecule has 1 amide bonds. The van der Waals surface area contributed by atoms with E-state index in [0.29, 0.717) is 12.2 Å². The summed E-state index contributed by atoms with van der Waals surface area (Å²) >= 11 is 1.57. The Kier molecular flexibility index (Phi) is 5.35. The Morgan fingerprint density at radius 2 is 2.09 bits per heavy atom. The second-order valence-corrected chi connectivity index (χ2v) is 7.07. The first-order valence-electron chi connectivity index (χ1n) is 8.04. The molecule has 6 heteroatoms. The van der Waals surface area contributed by atoms with Gasteiger partial charge in [0.1, 0.15) is 10.7 Å². The van der Waals surface area contributed by atoms with Crippen LogP contribution in [-0.4, -0.2) is 33.9 Å². The molecule has 0 radical (unpaired) electrons. The van der Waals surface area contributed by atoms with Crippen LogP contribution in [-0.2, 0) is 13.1 Å². The van der Waals surface area contributed by atoms with Crippen LogP contribution in [0.15, 0.2) is 29.9 Å². The SMILES string of the molecule is CC1CCN(Cc2nc(C(=O)NCc3ccncc3)cs2)CC1. The van der Waals surface area contributed by atoms with Gasteiger partial charge >= 0.3 is 0 Å². The van der Waals surface area contributed by atoms with Crippen molar-refractivity contribution in [2.24, 2.45) is 5.92 Å². The largest absolute Gasteiger partial charge is 0.347 e. The maximum Gasteiger partial charge on any atom is 0.271 e. The molecule has 3 heterocycles. The van der Waals surface area contributed by atoms with Crippen LogP contribution in [0.5, 0.6) is 0 Å². The molecule has 0 spiro atoms. The van der Waals surface area contributed by atoms with Crippen molar-refractivity contribution in [1.29, 1.82) is 0 Å². The van der Waals surface area contributed by atoms with Crippen LogP contribution in [0.2, 0.25) is 0 Å². The number of piperidine rings is 1. The summed E-state index contributed by atoms with van der Waals surface area (Å²) < 4.78 is 0. The van der Waals surface area contributed by atoms with Gasteiger partial charge < -0.3 is 5.32 Å². The molecule has 0 bridgehead atoms. The number of hydrogen-bond donors (Lipinski definition) is 1. The van der Waals surface area contributed by atoms with Crippen LogP contribution in [0.25, 0.3) is 0 Å². The van der Waals surface area contributed by atoms with E-state index >= 15 is 0 Å². The van der Waals surface area contributed by atoms with Crippen LogP contribution >= 0.6 is 11.3 Å². The molecule has 122 valence electrons. The number of thiazole rings is 1. The average Bonchev–Trinajstić information content (AvgIpc) is 3.04. The van der Waals surface area contributed by atoms with Gasteiger partial charge in [0, 0.05) is 24.3 Å². The van der Waals surface area contributed by atoms with Gasteiger partial charge in [-0.2, -0.15) is 0 Å². The summed E-state index contributed by atoms with van der Waals surface area (Å²) in [6.07, 6.45) is 5.96. The molecule has 1 aliphatic rings. The van der Waals surface area contributed by atoms with E-state index in [9.17, 15) is 4.79 Å². The quantitative estimate of drug-likeness (QED) is 0.916. The molecule has 3 rings (SSSR count). The van der Waals surface area contributed by atoms with Gasteiger partial charge in [-0.05, 0) is 49.5 Å². The van der Waals surface area contributed by atoms with Crippen molar-refractivity contribution in [2.75, 3.05) is 13.1 Å². The first kappa shape index (κ1) is 16.1. The molecule has 1 aliphatic heterocycles. The molecule has 0 saturated carbocycles. The minimum atomic E-state index is -0.114. The Hall–Kier alpha value is -1.79. The summed E-state index contributed by atoms with van der Waals surface area (Å²) in [5.41, 5.74) is 1.55. The van der Waals surface area contributed by atoms with Gasteiger partial charge in [-0.25, -0.2) is 4.98 Å². The van der Waals surface area contributed by atoms with Crippen LogP contribution < -0.4 is 5.32 Å². The molecule has 1 N–H and O–H groups in total. The number of nitrogens with one attached hydrogen (secondary N) is 1. The Morgan fingerprint density at radius 3 is 2.83 bits per heavy atom. The van der Waals surface area contributed by atoms with Crippen molar-refractivity contribution in [2.45, 2.75) is 32.9 Å². The number of aromatic nitrogens is 2. The number of hydrogen-bond acceptors (Lipinski definition) is 5. The lowest BCUT2D eigenvalue weighted by Gasteiger charge is -2.29. The van der Waals surface area contributed by atoms with Crippen molar-refractivity contribution in [1.82, 2.24) is 20.2 Å². The number of amides is 1. The van der Waals surface area contributed by atoms with Gasteiger partial charge in [-0.15, -0.1) is 11.3 Å². The lowest BCUT2D eigenvalue weighted by molar-refractivity contribution is 0.0946.